The number of nitrogens with one attached hydrogen (secondary N) is 2. The highest BCUT2D eigenvalue weighted by Crippen LogP contribution is 2.37. The van der Waals surface area contributed by atoms with Gasteiger partial charge in [-0.05, 0) is 29.8 Å². The predicted molar refractivity (Wildman–Crippen MR) is 109 cm³/mol. The van der Waals surface area contributed by atoms with Crippen LogP contribution in [-0.2, 0) is 0 Å². The van der Waals surface area contributed by atoms with E-state index in [2.05, 4.69) is 64.9 Å². The van der Waals surface area contributed by atoms with Crippen molar-refractivity contribution in [1.82, 2.24) is 4.98 Å². The Morgan fingerprint density at radius 2 is 1.70 bits per heavy atom. The summed E-state index contributed by atoms with van der Waals surface area (Å²) >= 11 is 6.32. The normalized spacial score (nSPS) is 14.1. The minimum absolute atomic E-state index is 0. The van der Waals surface area contributed by atoms with Crippen LogP contribution in [-0.4, -0.2) is 11.2 Å². The van der Waals surface area contributed by atoms with Crippen molar-refractivity contribution in [3.05, 3.63) is 101 Å². The fourth-order valence-electron chi connectivity index (χ4n) is 3.66. The molecule has 0 bridgehead atoms. The molecule has 0 unspecified atom stereocenters. The van der Waals surface area contributed by atoms with Crippen LogP contribution in [0, 0.1) is 0 Å². The summed E-state index contributed by atoms with van der Waals surface area (Å²) in [4.78, 5) is 6.80. The highest BCUT2D eigenvalue weighted by molar-refractivity contribution is 6.31. The molecule has 1 aromatic heterocycles. The molecule has 3 aromatic carbocycles. The summed E-state index contributed by atoms with van der Waals surface area (Å²) in [5.41, 5.74) is 8.08. The number of H-pyrrole nitrogens is 1. The molecule has 2 N–H and O–H groups in total. The number of aromatic nitrogens is 1. The monoisotopic (exact) mass is 390 g/mol. The first kappa shape index (κ1) is 17.6. The Bertz CT molecular complexity index is 1200. The van der Waals surface area contributed by atoms with Gasteiger partial charge in [0.25, 0.3) is 0 Å². The van der Waals surface area contributed by atoms with Crippen molar-refractivity contribution in [3.63, 3.8) is 0 Å². The van der Waals surface area contributed by atoms with Crippen LogP contribution >= 0.6 is 11.6 Å². The van der Waals surface area contributed by atoms with Gasteiger partial charge in [-0.2, -0.15) is 0 Å². The molecule has 27 heavy (non-hydrogen) atoms. The van der Waals surface area contributed by atoms with E-state index in [0.29, 0.717) is 0 Å². The number of hydrogen-bond donors (Lipinski definition) is 2. The van der Waals surface area contributed by atoms with Crippen molar-refractivity contribution < 1.29 is 17.4 Å². The van der Waals surface area contributed by atoms with Gasteiger partial charge in [0.05, 0.1) is 11.1 Å². The molecule has 132 valence electrons. The molecule has 2 heterocycles. The smallest absolute Gasteiger partial charge is 0.211 e. The van der Waals surface area contributed by atoms with E-state index < -0.39 is 0 Å². The second-order valence-corrected chi connectivity index (χ2v) is 6.82. The number of halogens is 2. The molecule has 0 fully saturated rings. The molecule has 4 heteroatoms. The van der Waals surface area contributed by atoms with Gasteiger partial charge in [-0.3, -0.25) is 0 Å². The second kappa shape index (κ2) is 7.07. The topological polar surface area (TPSA) is 29.8 Å². The summed E-state index contributed by atoms with van der Waals surface area (Å²) in [7, 11) is 0. The third-order valence-corrected chi connectivity index (χ3v) is 5.07. The zero-order valence-corrected chi connectivity index (χ0v) is 15.9. The van der Waals surface area contributed by atoms with Crippen LogP contribution in [0.15, 0.2) is 79.0 Å². The molecule has 2 nitrogen and oxygen atoms in total. The molecule has 5 rings (SSSR count). The largest absolute Gasteiger partial charge is 1.00 e. The Balaban J connectivity index is 0.00000180. The van der Waals surface area contributed by atoms with Gasteiger partial charge >= 0.3 is 0 Å². The quantitative estimate of drug-likeness (QED) is 0.520. The SMILES string of the molecule is Clc1cccc(C(=C2C=[NH+]c3ccccc32)c2c[nH]c3ccccc23)c1.[Cl-]. The highest BCUT2D eigenvalue weighted by atomic mass is 35.5. The first-order valence-electron chi connectivity index (χ1n) is 8.57. The molecule has 0 saturated carbocycles. The van der Waals surface area contributed by atoms with Crippen LogP contribution in [0.4, 0.5) is 5.69 Å². The molecule has 4 aromatic rings. The summed E-state index contributed by atoms with van der Waals surface area (Å²) < 4.78 is 0. The van der Waals surface area contributed by atoms with E-state index in [1.165, 1.54) is 27.7 Å². The molecule has 1 aliphatic rings. The summed E-state index contributed by atoms with van der Waals surface area (Å²) in [5, 5.41) is 1.94. The summed E-state index contributed by atoms with van der Waals surface area (Å²) in [6.45, 7) is 0. The standard InChI is InChI=1S/C23H15ClN2.ClH/c24-16-7-5-6-15(12-16)23(19-13-25-21-10-3-1-8-17(19)21)20-14-26-22-11-4-2-9-18(20)22;/h1-14,25H;1H. The van der Waals surface area contributed by atoms with Gasteiger partial charge in [0.2, 0.25) is 5.69 Å². The molecule has 0 amide bonds. The van der Waals surface area contributed by atoms with Gasteiger partial charge in [0, 0.05) is 39.3 Å². The average molecular weight is 391 g/mol. The highest BCUT2D eigenvalue weighted by Gasteiger charge is 2.24. The van der Waals surface area contributed by atoms with Crippen LogP contribution in [0.2, 0.25) is 5.02 Å². The number of benzene rings is 3. The summed E-state index contributed by atoms with van der Waals surface area (Å²) in [5.74, 6) is 0. The van der Waals surface area contributed by atoms with Crippen molar-refractivity contribution in [2.24, 2.45) is 0 Å². The van der Waals surface area contributed by atoms with E-state index in [-0.39, 0.29) is 12.4 Å². The van der Waals surface area contributed by atoms with Crippen LogP contribution in [0.1, 0.15) is 16.7 Å². The van der Waals surface area contributed by atoms with Crippen molar-refractivity contribution in [1.29, 1.82) is 0 Å². The van der Waals surface area contributed by atoms with Crippen molar-refractivity contribution in [2.45, 2.75) is 0 Å². The van der Waals surface area contributed by atoms with Crippen LogP contribution in [0.25, 0.3) is 22.0 Å². The molecular formula is C23H16Cl2N2. The average Bonchev–Trinajstić information content (AvgIpc) is 3.28. The van der Waals surface area contributed by atoms with E-state index in [0.717, 1.165) is 21.8 Å². The third kappa shape index (κ3) is 2.97. The Kier molecular flexibility index (Phi) is 4.61. The van der Waals surface area contributed by atoms with E-state index in [4.69, 9.17) is 11.6 Å². The number of fused-ring (bicyclic) bond motifs is 2. The van der Waals surface area contributed by atoms with Gasteiger partial charge in [-0.15, -0.1) is 0 Å². The van der Waals surface area contributed by atoms with Gasteiger partial charge in [0.1, 0.15) is 0 Å². The van der Waals surface area contributed by atoms with Crippen molar-refractivity contribution >= 4 is 45.6 Å². The fourth-order valence-corrected chi connectivity index (χ4v) is 3.85. The lowest BCUT2D eigenvalue weighted by molar-refractivity contribution is -0.342. The summed E-state index contributed by atoms with van der Waals surface area (Å²) in [6.07, 6.45) is 4.17. The van der Waals surface area contributed by atoms with E-state index in [9.17, 15) is 0 Å². The summed E-state index contributed by atoms with van der Waals surface area (Å²) in [6, 6.07) is 24.8. The zero-order chi connectivity index (χ0) is 17.5. The third-order valence-electron chi connectivity index (χ3n) is 4.83. The van der Waals surface area contributed by atoms with Gasteiger partial charge in [-0.25, -0.2) is 4.99 Å². The number of allylic oxidation sites excluding steroid dienone is 1. The Labute approximate surface area is 168 Å². The maximum atomic E-state index is 6.32. The second-order valence-electron chi connectivity index (χ2n) is 6.38. The van der Waals surface area contributed by atoms with E-state index in [1.807, 2.05) is 30.3 Å². The van der Waals surface area contributed by atoms with Gasteiger partial charge in [-0.1, -0.05) is 54.1 Å². The number of aromatic amines is 1. The minimum atomic E-state index is 0. The lowest BCUT2D eigenvalue weighted by Gasteiger charge is -2.10. The fraction of sp³-hybridized carbons (Fsp3) is 0. The van der Waals surface area contributed by atoms with E-state index in [1.54, 1.807) is 0 Å². The first-order chi connectivity index (χ1) is 12.8. The van der Waals surface area contributed by atoms with E-state index >= 15 is 0 Å². The zero-order valence-electron chi connectivity index (χ0n) is 14.3. The number of hydrogen-bond acceptors (Lipinski definition) is 0. The molecule has 0 spiro atoms. The first-order valence-corrected chi connectivity index (χ1v) is 8.95. The van der Waals surface area contributed by atoms with Crippen molar-refractivity contribution in [2.75, 3.05) is 0 Å². The molecule has 1 aliphatic heterocycles. The Hall–Kier alpha value is -2.81. The molecule has 0 atom stereocenters. The lowest BCUT2D eigenvalue weighted by atomic mass is 9.90. The van der Waals surface area contributed by atoms with Crippen LogP contribution in [0.5, 0.6) is 0 Å². The molecular weight excluding hydrogens is 375 g/mol. The maximum absolute atomic E-state index is 6.32. The molecule has 0 aliphatic carbocycles. The van der Waals surface area contributed by atoms with Crippen LogP contribution < -0.4 is 17.4 Å². The lowest BCUT2D eigenvalue weighted by Crippen LogP contribution is -3.00. The van der Waals surface area contributed by atoms with Crippen molar-refractivity contribution in [3.8, 4) is 0 Å². The minimum Gasteiger partial charge on any atom is -1.00 e. The predicted octanol–water partition coefficient (Wildman–Crippen LogP) is 1.58. The Morgan fingerprint density at radius 1 is 0.889 bits per heavy atom. The molecule has 0 radical (unpaired) electrons. The Morgan fingerprint density at radius 3 is 2.59 bits per heavy atom. The van der Waals surface area contributed by atoms with Gasteiger partial charge < -0.3 is 17.4 Å². The molecule has 0 saturated heterocycles. The number of para-hydroxylation sites is 2. The number of rotatable bonds is 2. The van der Waals surface area contributed by atoms with Gasteiger partial charge in [0.15, 0.2) is 6.21 Å². The van der Waals surface area contributed by atoms with Crippen LogP contribution in [0.3, 0.4) is 0 Å². The maximum Gasteiger partial charge on any atom is 0.211 e.